The van der Waals surface area contributed by atoms with Crippen molar-refractivity contribution >= 4 is 11.9 Å². The molecule has 8 nitrogen and oxygen atoms in total. The maximum atomic E-state index is 9.10. The third kappa shape index (κ3) is 13.1. The van der Waals surface area contributed by atoms with Crippen molar-refractivity contribution in [1.82, 2.24) is 5.32 Å². The molecule has 0 radical (unpaired) electrons. The summed E-state index contributed by atoms with van der Waals surface area (Å²) in [5.41, 5.74) is 2.48. The van der Waals surface area contributed by atoms with E-state index in [1.807, 2.05) is 0 Å². The maximum Gasteiger partial charge on any atom is 0.414 e. The minimum atomic E-state index is -1.82. The largest absolute Gasteiger partial charge is 0.491 e. The van der Waals surface area contributed by atoms with Crippen LogP contribution in [0.3, 0.4) is 0 Å². The fraction of sp³-hybridized carbons (Fsp3) is 0.600. The number of rotatable bonds is 12. The number of hydrogen-bond donors (Lipinski definition) is 3. The van der Waals surface area contributed by atoms with Gasteiger partial charge >= 0.3 is 11.9 Å². The zero-order chi connectivity index (χ0) is 21.4. The summed E-state index contributed by atoms with van der Waals surface area (Å²) in [7, 11) is 1.72. The third-order valence-corrected chi connectivity index (χ3v) is 3.67. The van der Waals surface area contributed by atoms with Crippen LogP contribution in [0.2, 0.25) is 0 Å². The van der Waals surface area contributed by atoms with E-state index < -0.39 is 11.9 Å². The van der Waals surface area contributed by atoms with Gasteiger partial charge in [-0.25, -0.2) is 9.59 Å². The molecule has 0 aliphatic heterocycles. The molecule has 28 heavy (non-hydrogen) atoms. The highest BCUT2D eigenvalue weighted by atomic mass is 16.5. The van der Waals surface area contributed by atoms with Crippen molar-refractivity contribution in [2.75, 3.05) is 46.6 Å². The minimum Gasteiger partial charge on any atom is -0.491 e. The number of aryl methyl sites for hydroxylation is 1. The van der Waals surface area contributed by atoms with E-state index in [4.69, 9.17) is 34.0 Å². The molecule has 0 spiro atoms. The molecule has 1 rings (SSSR count). The molecule has 0 amide bonds. The first-order valence-electron chi connectivity index (χ1n) is 9.26. The van der Waals surface area contributed by atoms with Gasteiger partial charge in [0.05, 0.1) is 13.2 Å². The molecule has 0 aliphatic rings. The van der Waals surface area contributed by atoms with Crippen molar-refractivity contribution in [2.24, 2.45) is 0 Å². The summed E-state index contributed by atoms with van der Waals surface area (Å²) in [6.45, 7) is 11.0. The average Bonchev–Trinajstić information content (AvgIpc) is 2.64. The van der Waals surface area contributed by atoms with E-state index in [-0.39, 0.29) is 0 Å². The Balaban J connectivity index is 0.00000105. The first-order valence-corrected chi connectivity index (χ1v) is 9.26. The van der Waals surface area contributed by atoms with E-state index >= 15 is 0 Å². The van der Waals surface area contributed by atoms with Crippen LogP contribution in [-0.4, -0.2) is 68.8 Å². The number of ether oxygens (including phenoxy) is 3. The average molecular weight is 399 g/mol. The minimum absolute atomic E-state index is 0.517. The highest BCUT2D eigenvalue weighted by molar-refractivity contribution is 6.27. The van der Waals surface area contributed by atoms with Gasteiger partial charge in [-0.1, -0.05) is 26.0 Å². The van der Waals surface area contributed by atoms with E-state index in [9.17, 15) is 0 Å². The van der Waals surface area contributed by atoms with Crippen LogP contribution in [0, 0.1) is 6.92 Å². The fourth-order valence-corrected chi connectivity index (χ4v) is 2.05. The van der Waals surface area contributed by atoms with E-state index in [2.05, 4.69) is 44.3 Å². The second-order valence-electron chi connectivity index (χ2n) is 6.35. The molecule has 3 N–H and O–H groups in total. The number of hydrogen-bond acceptors (Lipinski definition) is 6. The number of carboxylic acid groups (broad SMARTS) is 2. The molecular weight excluding hydrogens is 366 g/mol. The molecule has 0 saturated heterocycles. The molecule has 160 valence electrons. The van der Waals surface area contributed by atoms with Crippen molar-refractivity contribution in [2.45, 2.75) is 33.1 Å². The molecule has 1 aromatic carbocycles. The van der Waals surface area contributed by atoms with Gasteiger partial charge in [0, 0.05) is 20.3 Å². The van der Waals surface area contributed by atoms with Gasteiger partial charge in [-0.2, -0.15) is 0 Å². The van der Waals surface area contributed by atoms with E-state index in [0.29, 0.717) is 25.7 Å². The second kappa shape index (κ2) is 15.9. The van der Waals surface area contributed by atoms with Gasteiger partial charge in [0.15, 0.2) is 0 Å². The Morgan fingerprint density at radius 1 is 1.04 bits per heavy atom. The van der Waals surface area contributed by atoms with Crippen LogP contribution in [0.4, 0.5) is 0 Å². The van der Waals surface area contributed by atoms with Crippen molar-refractivity contribution in [3.8, 4) is 5.75 Å². The molecular formula is C20H33NO7. The highest BCUT2D eigenvalue weighted by Crippen LogP contribution is 2.24. The highest BCUT2D eigenvalue weighted by Gasteiger charge is 2.05. The Hall–Kier alpha value is -2.16. The Morgan fingerprint density at radius 3 is 2.29 bits per heavy atom. The molecule has 0 heterocycles. The lowest BCUT2D eigenvalue weighted by atomic mass is 10.0. The van der Waals surface area contributed by atoms with Crippen LogP contribution in [0.1, 0.15) is 37.3 Å². The van der Waals surface area contributed by atoms with Gasteiger partial charge in [0.2, 0.25) is 0 Å². The summed E-state index contributed by atoms with van der Waals surface area (Å²) >= 11 is 0. The zero-order valence-corrected chi connectivity index (χ0v) is 17.2. The first kappa shape index (κ1) is 25.8. The quantitative estimate of drug-likeness (QED) is 0.362. The molecule has 0 unspecified atom stereocenters. The van der Waals surface area contributed by atoms with Crippen LogP contribution >= 0.6 is 0 Å². The normalized spacial score (nSPS) is 10.3. The summed E-state index contributed by atoms with van der Waals surface area (Å²) in [4.78, 5) is 18.2. The van der Waals surface area contributed by atoms with Crippen LogP contribution in [-0.2, 0) is 19.1 Å². The number of benzene rings is 1. The molecule has 0 atom stereocenters. The monoisotopic (exact) mass is 399 g/mol. The molecule has 0 fully saturated rings. The lowest BCUT2D eigenvalue weighted by Gasteiger charge is -2.13. The Morgan fingerprint density at radius 2 is 1.71 bits per heavy atom. The molecule has 0 aromatic heterocycles. The van der Waals surface area contributed by atoms with Gasteiger partial charge in [-0.3, -0.25) is 0 Å². The maximum absolute atomic E-state index is 9.10. The summed E-state index contributed by atoms with van der Waals surface area (Å²) in [5, 5.41) is 18.1. The van der Waals surface area contributed by atoms with E-state index in [0.717, 1.165) is 31.9 Å². The Kier molecular flexibility index (Phi) is 14.6. The number of carbonyl (C=O) groups is 2. The van der Waals surface area contributed by atoms with Crippen molar-refractivity contribution in [3.05, 3.63) is 29.3 Å². The van der Waals surface area contributed by atoms with Crippen LogP contribution in [0.5, 0.6) is 5.75 Å². The lowest BCUT2D eigenvalue weighted by molar-refractivity contribution is -0.159. The Labute approximate surface area is 166 Å². The number of aliphatic carboxylic acids is 2. The Bertz CT molecular complexity index is 564. The number of methoxy groups -OCH3 is 1. The van der Waals surface area contributed by atoms with E-state index in [1.54, 1.807) is 7.11 Å². The molecule has 0 saturated carbocycles. The SMILES string of the molecule is COCCCNCCOCCOc1cc(C(C)C)ccc1C.O=C(O)C(=O)O. The van der Waals surface area contributed by atoms with Gasteiger partial charge in [-0.05, 0) is 43.0 Å². The number of carboxylic acids is 2. The van der Waals surface area contributed by atoms with Crippen LogP contribution < -0.4 is 10.1 Å². The number of nitrogens with one attached hydrogen (secondary N) is 1. The summed E-state index contributed by atoms with van der Waals surface area (Å²) < 4.78 is 16.4. The fourth-order valence-electron chi connectivity index (χ4n) is 2.05. The van der Waals surface area contributed by atoms with Crippen molar-refractivity contribution in [1.29, 1.82) is 0 Å². The van der Waals surface area contributed by atoms with Crippen LogP contribution in [0.25, 0.3) is 0 Å². The predicted octanol–water partition coefficient (Wildman–Crippen LogP) is 2.30. The molecule has 1 aromatic rings. The van der Waals surface area contributed by atoms with Crippen molar-refractivity contribution < 1.29 is 34.0 Å². The molecule has 0 bridgehead atoms. The smallest absolute Gasteiger partial charge is 0.414 e. The first-order chi connectivity index (χ1) is 13.3. The van der Waals surface area contributed by atoms with E-state index in [1.165, 1.54) is 11.1 Å². The lowest BCUT2D eigenvalue weighted by Crippen LogP contribution is -2.22. The summed E-state index contributed by atoms with van der Waals surface area (Å²) in [6.07, 6.45) is 1.03. The third-order valence-electron chi connectivity index (χ3n) is 3.67. The van der Waals surface area contributed by atoms with Gasteiger partial charge in [0.1, 0.15) is 12.4 Å². The van der Waals surface area contributed by atoms with Gasteiger partial charge < -0.3 is 29.7 Å². The van der Waals surface area contributed by atoms with Crippen molar-refractivity contribution in [3.63, 3.8) is 0 Å². The topological polar surface area (TPSA) is 114 Å². The standard InChI is InChI=1S/C18H31NO3.C2H2O4/c1-15(2)17-7-6-16(3)18(14-17)22-13-12-21-11-9-19-8-5-10-20-4;3-1(4)2(5)6/h6-7,14-15,19H,5,8-13H2,1-4H3;(H,3,4)(H,5,6). The summed E-state index contributed by atoms with van der Waals surface area (Å²) in [5.74, 6) is -2.17. The second-order valence-corrected chi connectivity index (χ2v) is 6.35. The molecule has 0 aliphatic carbocycles. The van der Waals surface area contributed by atoms with Crippen LogP contribution in [0.15, 0.2) is 18.2 Å². The van der Waals surface area contributed by atoms with Gasteiger partial charge in [-0.15, -0.1) is 0 Å². The zero-order valence-electron chi connectivity index (χ0n) is 17.2. The van der Waals surface area contributed by atoms with Gasteiger partial charge in [0.25, 0.3) is 0 Å². The summed E-state index contributed by atoms with van der Waals surface area (Å²) in [6, 6.07) is 6.42. The predicted molar refractivity (Wildman–Crippen MR) is 106 cm³/mol. The molecule has 8 heteroatoms.